The number of aryl methyl sites for hydroxylation is 1. The maximum absolute atomic E-state index is 14.5. The number of amides is 5. The number of rotatable bonds is 15. The molecule has 294 valence electrons. The highest BCUT2D eigenvalue weighted by Crippen LogP contribution is 2.65. The van der Waals surface area contributed by atoms with Gasteiger partial charge in [-0.25, -0.2) is 13.2 Å². The molecule has 1 unspecified atom stereocenters. The third-order valence-corrected chi connectivity index (χ3v) is 13.0. The molecule has 1 aromatic carbocycles. The highest BCUT2D eigenvalue weighted by molar-refractivity contribution is 7.89. The number of fused-ring (bicyclic) bond motifs is 1. The number of piperidine rings is 1. The number of sulfonamides is 1. The number of urea groups is 1. The van der Waals surface area contributed by atoms with Gasteiger partial charge in [0.25, 0.3) is 5.91 Å². The van der Waals surface area contributed by atoms with Crippen molar-refractivity contribution in [1.29, 1.82) is 0 Å². The van der Waals surface area contributed by atoms with Crippen LogP contribution >= 0.6 is 0 Å². The molecule has 1 heterocycles. The van der Waals surface area contributed by atoms with E-state index in [9.17, 15) is 32.4 Å². The van der Waals surface area contributed by atoms with Gasteiger partial charge in [-0.15, -0.1) is 6.58 Å². The Morgan fingerprint density at radius 3 is 2.11 bits per heavy atom. The number of nitrogens with one attached hydrogen (secondary N) is 4. The van der Waals surface area contributed by atoms with E-state index in [1.807, 2.05) is 48.5 Å². The molecule has 0 aromatic heterocycles. The van der Waals surface area contributed by atoms with Gasteiger partial charge in [-0.2, -0.15) is 4.31 Å². The van der Waals surface area contributed by atoms with E-state index in [1.54, 1.807) is 24.3 Å². The average Bonchev–Trinajstić information content (AvgIpc) is 3.91. The summed E-state index contributed by atoms with van der Waals surface area (Å²) in [5, 5.41) is 11.2. The summed E-state index contributed by atoms with van der Waals surface area (Å²) >= 11 is 0. The van der Waals surface area contributed by atoms with Gasteiger partial charge in [0, 0.05) is 32.7 Å². The zero-order valence-electron chi connectivity index (χ0n) is 33.0. The summed E-state index contributed by atoms with van der Waals surface area (Å²) in [5.74, 6) is -2.34. The van der Waals surface area contributed by atoms with Crippen LogP contribution in [0, 0.1) is 40.9 Å². The second-order valence-electron chi connectivity index (χ2n) is 17.9. The van der Waals surface area contributed by atoms with E-state index >= 15 is 0 Å². The zero-order chi connectivity index (χ0) is 39.8. The fourth-order valence-corrected chi connectivity index (χ4v) is 8.51. The number of carbonyl (C=O) groups excluding carboxylic acids is 5. The van der Waals surface area contributed by atoms with E-state index in [0.29, 0.717) is 13.0 Å². The first kappa shape index (κ1) is 42.0. The quantitative estimate of drug-likeness (QED) is 0.157. The summed E-state index contributed by atoms with van der Waals surface area (Å²) in [6.07, 6.45) is 3.63. The fourth-order valence-electron chi connectivity index (χ4n) is 7.33. The van der Waals surface area contributed by atoms with E-state index in [1.165, 1.54) is 22.3 Å². The van der Waals surface area contributed by atoms with Crippen molar-refractivity contribution in [3.8, 4) is 0 Å². The Kier molecular flexibility index (Phi) is 12.3. The van der Waals surface area contributed by atoms with Gasteiger partial charge < -0.3 is 26.2 Å². The molecular weight excluding hydrogens is 697 g/mol. The smallest absolute Gasteiger partial charge is 0.315 e. The third-order valence-electron chi connectivity index (χ3n) is 11.2. The van der Waals surface area contributed by atoms with Crippen molar-refractivity contribution in [3.63, 3.8) is 0 Å². The molecule has 3 fully saturated rings. The SMILES string of the molecule is C=CCNC(=O)C(=O)C(CC1CC1)NC(=O)[C@@H]1[C@@H]2[C@H](CN1C(=O)[C@@H](NC(=O)N[C@H](CN(C)S(=O)(=O)c1ccc(C)cc1)C(C)(C)C)C(C)(C)C)C2(C)C. The monoisotopic (exact) mass is 756 g/mol. The summed E-state index contributed by atoms with van der Waals surface area (Å²) < 4.78 is 28.0. The van der Waals surface area contributed by atoms with Crippen LogP contribution in [0.4, 0.5) is 4.79 Å². The Labute approximate surface area is 315 Å². The van der Waals surface area contributed by atoms with Crippen molar-refractivity contribution >= 4 is 39.6 Å². The Balaban J connectivity index is 1.52. The molecule has 4 rings (SSSR count). The molecule has 5 amide bonds. The molecule has 53 heavy (non-hydrogen) atoms. The lowest BCUT2D eigenvalue weighted by Crippen LogP contribution is -2.62. The molecule has 13 nitrogen and oxygen atoms in total. The number of ketones is 1. The molecule has 1 aromatic rings. The van der Waals surface area contributed by atoms with E-state index in [2.05, 4.69) is 41.7 Å². The normalized spacial score (nSPS) is 22.5. The van der Waals surface area contributed by atoms with Crippen LogP contribution in [0.25, 0.3) is 0 Å². The number of hydrogen-bond donors (Lipinski definition) is 4. The van der Waals surface area contributed by atoms with Crippen LogP contribution in [0.15, 0.2) is 41.8 Å². The summed E-state index contributed by atoms with van der Waals surface area (Å²) in [7, 11) is -2.38. The van der Waals surface area contributed by atoms with Gasteiger partial charge >= 0.3 is 6.03 Å². The summed E-state index contributed by atoms with van der Waals surface area (Å²) in [5.41, 5.74) is -0.645. The second kappa shape index (κ2) is 15.5. The van der Waals surface area contributed by atoms with E-state index in [-0.39, 0.29) is 41.2 Å². The van der Waals surface area contributed by atoms with Crippen LogP contribution in [-0.4, -0.2) is 98.0 Å². The second-order valence-corrected chi connectivity index (χ2v) is 20.0. The van der Waals surface area contributed by atoms with E-state index in [0.717, 1.165) is 18.4 Å². The summed E-state index contributed by atoms with van der Waals surface area (Å²) in [4.78, 5) is 69.9. The van der Waals surface area contributed by atoms with Crippen LogP contribution in [-0.2, 0) is 29.2 Å². The fraction of sp³-hybridized carbons (Fsp3) is 0.667. The number of benzene rings is 1. The van der Waals surface area contributed by atoms with Crippen LogP contribution < -0.4 is 21.3 Å². The lowest BCUT2D eigenvalue weighted by atomic mass is 9.85. The van der Waals surface area contributed by atoms with Gasteiger partial charge in [0.05, 0.1) is 10.9 Å². The number of likely N-dealkylation sites (tertiary alicyclic amines) is 1. The van der Waals surface area contributed by atoms with Crippen molar-refractivity contribution in [1.82, 2.24) is 30.5 Å². The van der Waals surface area contributed by atoms with Gasteiger partial charge in [-0.05, 0) is 59.5 Å². The Hall–Kier alpha value is -3.78. The van der Waals surface area contributed by atoms with Crippen molar-refractivity contribution in [2.24, 2.45) is 34.0 Å². The third kappa shape index (κ3) is 9.67. The van der Waals surface area contributed by atoms with E-state index < -0.39 is 74.6 Å². The van der Waals surface area contributed by atoms with Crippen LogP contribution in [0.1, 0.15) is 80.2 Å². The lowest BCUT2D eigenvalue weighted by molar-refractivity contribution is -0.145. The molecule has 0 radical (unpaired) electrons. The van der Waals surface area contributed by atoms with Crippen LogP contribution in [0.5, 0.6) is 0 Å². The van der Waals surface area contributed by atoms with Crippen LogP contribution in [0.2, 0.25) is 0 Å². The standard InChI is InChI=1S/C39H60N6O7S/c1-12-19-40-34(48)31(46)27(20-24-15-16-24)41-33(47)30-29-26(39(29,9)10)21-45(30)35(49)32(38(6,7)8)43-36(50)42-28(37(3,4)5)22-44(11)53(51,52)25-17-13-23(2)14-18-25/h12-14,17-18,24,26-30,32H,1,15-16,19-22H2,2-11H3,(H,40,48)(H,41,47)(H2,42,43,50)/t26-,27?,28+,29-,30-,32+/m0/s1. The van der Waals surface area contributed by atoms with Crippen molar-refractivity contribution in [2.45, 2.75) is 111 Å². The number of carbonyl (C=O) groups is 5. The molecule has 3 aliphatic rings. The molecule has 2 aliphatic carbocycles. The first-order chi connectivity index (χ1) is 24.4. The Morgan fingerprint density at radius 2 is 1.58 bits per heavy atom. The summed E-state index contributed by atoms with van der Waals surface area (Å²) in [6, 6.07) is 2.29. The molecule has 1 saturated heterocycles. The highest BCUT2D eigenvalue weighted by atomic mass is 32.2. The maximum Gasteiger partial charge on any atom is 0.315 e. The molecule has 0 bridgehead atoms. The van der Waals surface area contributed by atoms with Gasteiger partial charge in [0.1, 0.15) is 12.1 Å². The highest BCUT2D eigenvalue weighted by Gasteiger charge is 2.70. The Bertz CT molecular complexity index is 1690. The summed E-state index contributed by atoms with van der Waals surface area (Å²) in [6.45, 7) is 21.1. The molecule has 14 heteroatoms. The predicted molar refractivity (Wildman–Crippen MR) is 203 cm³/mol. The molecule has 1 aliphatic heterocycles. The lowest BCUT2D eigenvalue weighted by Gasteiger charge is -2.39. The topological polar surface area (TPSA) is 174 Å². The minimum absolute atomic E-state index is 0.0274. The van der Waals surface area contributed by atoms with Crippen LogP contribution in [0.3, 0.4) is 0 Å². The van der Waals surface area contributed by atoms with Crippen molar-refractivity contribution < 1.29 is 32.4 Å². The average molecular weight is 757 g/mol. The van der Waals surface area contributed by atoms with Gasteiger partial charge in [-0.1, -0.05) is 92.0 Å². The molecule has 0 spiro atoms. The molecule has 4 N–H and O–H groups in total. The first-order valence-corrected chi connectivity index (χ1v) is 20.0. The van der Waals surface area contributed by atoms with Crippen molar-refractivity contribution in [3.05, 3.63) is 42.5 Å². The van der Waals surface area contributed by atoms with E-state index in [4.69, 9.17) is 0 Å². The van der Waals surface area contributed by atoms with Gasteiger partial charge in [0.2, 0.25) is 27.6 Å². The predicted octanol–water partition coefficient (Wildman–Crippen LogP) is 3.38. The number of hydrogen-bond acceptors (Lipinski definition) is 7. The minimum atomic E-state index is -3.85. The number of Topliss-reactive ketones (excluding diaryl/α,β-unsaturated/α-hetero) is 1. The molecule has 2 saturated carbocycles. The molecule has 6 atom stereocenters. The number of likely N-dealkylation sites (N-methyl/N-ethyl adjacent to an activating group) is 1. The van der Waals surface area contributed by atoms with Gasteiger partial charge in [0.15, 0.2) is 0 Å². The maximum atomic E-state index is 14.5. The molecular formula is C39H60N6O7S. The number of nitrogens with zero attached hydrogens (tertiary/aromatic N) is 2. The largest absolute Gasteiger partial charge is 0.346 e. The van der Waals surface area contributed by atoms with Gasteiger partial charge in [-0.3, -0.25) is 19.2 Å². The first-order valence-electron chi connectivity index (χ1n) is 18.5. The van der Waals surface area contributed by atoms with Crippen molar-refractivity contribution in [2.75, 3.05) is 26.7 Å². The minimum Gasteiger partial charge on any atom is -0.346 e. The zero-order valence-corrected chi connectivity index (χ0v) is 33.9. The Morgan fingerprint density at radius 1 is 0.981 bits per heavy atom.